The van der Waals surface area contributed by atoms with Gasteiger partial charge >= 0.3 is 5.97 Å². The van der Waals surface area contributed by atoms with Crippen LogP contribution in [-0.2, 0) is 9.59 Å². The van der Waals surface area contributed by atoms with Crippen LogP contribution < -0.4 is 4.90 Å². The van der Waals surface area contributed by atoms with E-state index in [0.717, 1.165) is 0 Å². The smallest absolute Gasteiger partial charge is 0.333 e. The molecule has 1 aliphatic heterocycles. The number of amides is 1. The second-order valence-electron chi connectivity index (χ2n) is 3.73. The molecule has 5 heteroatoms. The standard InChI is InChI=1S/C12H10ClNO3/c1-7-8(12(16)17)6-11(15)14(7)10-5-3-2-4-9(10)13/h2-5H,6H2,1H3,(H,16,17). The van der Waals surface area contributed by atoms with Crippen LogP contribution in [0.3, 0.4) is 0 Å². The average molecular weight is 252 g/mol. The maximum atomic E-state index is 11.8. The van der Waals surface area contributed by atoms with Crippen molar-refractivity contribution in [2.75, 3.05) is 4.90 Å². The van der Waals surface area contributed by atoms with Gasteiger partial charge in [-0.2, -0.15) is 0 Å². The molecule has 1 aromatic carbocycles. The number of rotatable bonds is 2. The minimum Gasteiger partial charge on any atom is -0.478 e. The first kappa shape index (κ1) is 11.7. The van der Waals surface area contributed by atoms with Gasteiger partial charge in [0.15, 0.2) is 0 Å². The van der Waals surface area contributed by atoms with Gasteiger partial charge in [0.2, 0.25) is 5.91 Å². The molecule has 0 radical (unpaired) electrons. The third kappa shape index (κ3) is 1.91. The number of carbonyl (C=O) groups is 2. The van der Waals surface area contributed by atoms with Crippen LogP contribution in [0.1, 0.15) is 13.3 Å². The number of carbonyl (C=O) groups excluding carboxylic acids is 1. The molecule has 2 rings (SSSR count). The second kappa shape index (κ2) is 4.22. The molecule has 0 aliphatic carbocycles. The molecule has 88 valence electrons. The summed E-state index contributed by atoms with van der Waals surface area (Å²) in [5.74, 6) is -1.33. The topological polar surface area (TPSA) is 57.6 Å². The van der Waals surface area contributed by atoms with Crippen LogP contribution in [0.2, 0.25) is 5.02 Å². The molecule has 0 bridgehead atoms. The van der Waals surface area contributed by atoms with Crippen LogP contribution in [0.25, 0.3) is 0 Å². The van der Waals surface area contributed by atoms with Crippen LogP contribution in [0.5, 0.6) is 0 Å². The molecule has 0 spiro atoms. The summed E-state index contributed by atoms with van der Waals surface area (Å²) in [6.45, 7) is 1.61. The van der Waals surface area contributed by atoms with Gasteiger partial charge < -0.3 is 5.11 Å². The number of carboxylic acid groups (broad SMARTS) is 1. The van der Waals surface area contributed by atoms with E-state index in [0.29, 0.717) is 16.4 Å². The third-order valence-electron chi connectivity index (χ3n) is 2.70. The van der Waals surface area contributed by atoms with E-state index in [1.165, 1.54) is 4.90 Å². The number of benzene rings is 1. The number of hydrogen-bond donors (Lipinski definition) is 1. The highest BCUT2D eigenvalue weighted by atomic mass is 35.5. The van der Waals surface area contributed by atoms with Crippen molar-refractivity contribution in [2.45, 2.75) is 13.3 Å². The van der Waals surface area contributed by atoms with Gasteiger partial charge in [-0.3, -0.25) is 9.69 Å². The summed E-state index contributed by atoms with van der Waals surface area (Å²) in [7, 11) is 0. The number of allylic oxidation sites excluding steroid dienone is 1. The van der Waals surface area contributed by atoms with Crippen molar-refractivity contribution in [1.82, 2.24) is 0 Å². The normalized spacial score (nSPS) is 15.6. The highest BCUT2D eigenvalue weighted by Crippen LogP contribution is 2.34. The summed E-state index contributed by atoms with van der Waals surface area (Å²) >= 11 is 6.00. The average Bonchev–Trinajstić information content (AvgIpc) is 2.56. The summed E-state index contributed by atoms with van der Waals surface area (Å²) < 4.78 is 0. The Kier molecular flexibility index (Phi) is 2.90. The number of carboxylic acids is 1. The summed E-state index contributed by atoms with van der Waals surface area (Å²) in [5.41, 5.74) is 1.07. The van der Waals surface area contributed by atoms with E-state index in [1.807, 2.05) is 0 Å². The maximum Gasteiger partial charge on any atom is 0.333 e. The Bertz CT molecular complexity index is 536. The van der Waals surface area contributed by atoms with Gasteiger partial charge in [0.1, 0.15) is 0 Å². The summed E-state index contributed by atoms with van der Waals surface area (Å²) in [4.78, 5) is 24.1. The SMILES string of the molecule is CC1=C(C(=O)O)CC(=O)N1c1ccccc1Cl. The molecule has 0 saturated heterocycles. The number of halogens is 1. The molecule has 0 atom stereocenters. The first-order chi connectivity index (χ1) is 8.02. The Hall–Kier alpha value is -1.81. The monoisotopic (exact) mass is 251 g/mol. The summed E-state index contributed by atoms with van der Waals surface area (Å²) in [6, 6.07) is 6.86. The minimum atomic E-state index is -1.06. The van der Waals surface area contributed by atoms with Crippen molar-refractivity contribution in [3.05, 3.63) is 40.6 Å². The number of nitrogens with zero attached hydrogens (tertiary/aromatic N) is 1. The lowest BCUT2D eigenvalue weighted by Gasteiger charge is -2.19. The lowest BCUT2D eigenvalue weighted by Crippen LogP contribution is -2.23. The van der Waals surface area contributed by atoms with Crippen molar-refractivity contribution >= 4 is 29.2 Å². The van der Waals surface area contributed by atoms with Gasteiger partial charge in [0.25, 0.3) is 0 Å². The zero-order valence-electron chi connectivity index (χ0n) is 9.11. The Morgan fingerprint density at radius 1 is 1.41 bits per heavy atom. The molecule has 4 nitrogen and oxygen atoms in total. The molecule has 0 fully saturated rings. The molecular formula is C12H10ClNO3. The van der Waals surface area contributed by atoms with Crippen LogP contribution in [-0.4, -0.2) is 17.0 Å². The zero-order valence-corrected chi connectivity index (χ0v) is 9.86. The van der Waals surface area contributed by atoms with Gasteiger partial charge in [0.05, 0.1) is 22.7 Å². The Morgan fingerprint density at radius 2 is 2.06 bits per heavy atom. The highest BCUT2D eigenvalue weighted by Gasteiger charge is 2.32. The molecule has 1 N–H and O–H groups in total. The van der Waals surface area contributed by atoms with Gasteiger partial charge in [-0.15, -0.1) is 0 Å². The van der Waals surface area contributed by atoms with Crippen LogP contribution in [0, 0.1) is 0 Å². The first-order valence-electron chi connectivity index (χ1n) is 5.03. The van der Waals surface area contributed by atoms with E-state index in [-0.39, 0.29) is 17.9 Å². The van der Waals surface area contributed by atoms with Crippen molar-refractivity contribution in [3.8, 4) is 0 Å². The predicted molar refractivity (Wildman–Crippen MR) is 63.9 cm³/mol. The first-order valence-corrected chi connectivity index (χ1v) is 5.40. The number of hydrogen-bond acceptors (Lipinski definition) is 2. The van der Waals surface area contributed by atoms with Gasteiger partial charge in [-0.1, -0.05) is 23.7 Å². The van der Waals surface area contributed by atoms with Gasteiger partial charge in [0, 0.05) is 5.70 Å². The Balaban J connectivity index is 2.50. The molecule has 0 unspecified atom stereocenters. The van der Waals surface area contributed by atoms with E-state index in [2.05, 4.69) is 0 Å². The highest BCUT2D eigenvalue weighted by molar-refractivity contribution is 6.34. The fraction of sp³-hybridized carbons (Fsp3) is 0.167. The molecule has 0 aromatic heterocycles. The molecule has 17 heavy (non-hydrogen) atoms. The van der Waals surface area contributed by atoms with Crippen LogP contribution in [0.4, 0.5) is 5.69 Å². The van der Waals surface area contributed by atoms with Crippen LogP contribution in [0.15, 0.2) is 35.5 Å². The zero-order chi connectivity index (χ0) is 12.6. The number of aliphatic carboxylic acids is 1. The number of para-hydroxylation sites is 1. The maximum absolute atomic E-state index is 11.8. The third-order valence-corrected chi connectivity index (χ3v) is 3.02. The molecule has 1 aromatic rings. The lowest BCUT2D eigenvalue weighted by atomic mass is 10.2. The fourth-order valence-corrected chi connectivity index (χ4v) is 2.08. The van der Waals surface area contributed by atoms with Crippen LogP contribution >= 0.6 is 11.6 Å². The summed E-state index contributed by atoms with van der Waals surface area (Å²) in [5, 5.41) is 9.39. The molecule has 1 aliphatic rings. The fourth-order valence-electron chi connectivity index (χ4n) is 1.86. The quantitative estimate of drug-likeness (QED) is 0.878. The van der Waals surface area contributed by atoms with E-state index in [4.69, 9.17) is 16.7 Å². The summed E-state index contributed by atoms with van der Waals surface area (Å²) in [6.07, 6.45) is -0.0909. The molecular weight excluding hydrogens is 242 g/mol. The van der Waals surface area contributed by atoms with E-state index in [1.54, 1.807) is 31.2 Å². The van der Waals surface area contributed by atoms with E-state index >= 15 is 0 Å². The molecule has 1 heterocycles. The van der Waals surface area contributed by atoms with E-state index < -0.39 is 5.97 Å². The van der Waals surface area contributed by atoms with Gasteiger partial charge in [-0.25, -0.2) is 4.79 Å². The molecule has 1 amide bonds. The lowest BCUT2D eigenvalue weighted by molar-refractivity contribution is -0.133. The van der Waals surface area contributed by atoms with E-state index in [9.17, 15) is 9.59 Å². The Labute approximate surface area is 103 Å². The minimum absolute atomic E-state index is 0.0909. The van der Waals surface area contributed by atoms with Crippen molar-refractivity contribution in [2.24, 2.45) is 0 Å². The largest absolute Gasteiger partial charge is 0.478 e. The predicted octanol–water partition coefficient (Wildman–Crippen LogP) is 2.44. The van der Waals surface area contributed by atoms with Crippen molar-refractivity contribution < 1.29 is 14.7 Å². The second-order valence-corrected chi connectivity index (χ2v) is 4.13. The Morgan fingerprint density at radius 3 is 2.59 bits per heavy atom. The van der Waals surface area contributed by atoms with Crippen molar-refractivity contribution in [3.63, 3.8) is 0 Å². The number of anilines is 1. The van der Waals surface area contributed by atoms with Gasteiger partial charge in [-0.05, 0) is 19.1 Å². The molecule has 0 saturated carbocycles. The van der Waals surface area contributed by atoms with Crippen molar-refractivity contribution in [1.29, 1.82) is 0 Å².